The first-order valence-electron chi connectivity index (χ1n) is 10.6. The molecule has 0 aromatic carbocycles. The molecular weight excluding hydrogens is 472 g/mol. The highest BCUT2D eigenvalue weighted by Gasteiger charge is 2.53. The lowest BCUT2D eigenvalue weighted by atomic mass is 9.96. The Morgan fingerprint density at radius 3 is 1.24 bits per heavy atom. The van der Waals surface area contributed by atoms with Gasteiger partial charge in [0.2, 0.25) is 0 Å². The van der Waals surface area contributed by atoms with Gasteiger partial charge in [-0.05, 0) is 0 Å². The molecule has 1 unspecified atom stereocenters. The van der Waals surface area contributed by atoms with E-state index in [1.165, 1.54) is 0 Å². The molecule has 15 atom stereocenters. The lowest BCUT2D eigenvalue weighted by Crippen LogP contribution is -2.67. The monoisotopic (exact) mass is 504 g/mol. The van der Waals surface area contributed by atoms with Gasteiger partial charge in [0, 0.05) is 0 Å². The Bertz CT molecular complexity index is 637. The van der Waals surface area contributed by atoms with E-state index in [2.05, 4.69) is 0 Å². The second-order valence-corrected chi connectivity index (χ2v) is 8.33. The number of hydrogen-bond acceptors (Lipinski definition) is 16. The van der Waals surface area contributed by atoms with Crippen molar-refractivity contribution in [3.05, 3.63) is 0 Å². The number of ether oxygens (including phenoxy) is 5. The van der Waals surface area contributed by atoms with Gasteiger partial charge in [-0.3, -0.25) is 0 Å². The molecule has 0 saturated carbocycles. The fourth-order valence-corrected chi connectivity index (χ4v) is 4.03. The van der Waals surface area contributed by atoms with Crippen LogP contribution in [0.15, 0.2) is 0 Å². The number of rotatable bonds is 7. The molecule has 3 fully saturated rings. The first-order chi connectivity index (χ1) is 16.0. The summed E-state index contributed by atoms with van der Waals surface area (Å²) in [5.41, 5.74) is 0. The van der Waals surface area contributed by atoms with Crippen LogP contribution in [-0.4, -0.2) is 168 Å². The fourth-order valence-electron chi connectivity index (χ4n) is 4.03. The lowest BCUT2D eigenvalue weighted by molar-refractivity contribution is -0.387. The zero-order valence-corrected chi connectivity index (χ0v) is 17.7. The third kappa shape index (κ3) is 5.37. The number of aliphatic hydroxyl groups excluding tert-OH is 11. The van der Waals surface area contributed by atoms with Crippen LogP contribution in [0, 0.1) is 0 Å². The van der Waals surface area contributed by atoms with Crippen LogP contribution >= 0.6 is 0 Å². The van der Waals surface area contributed by atoms with Crippen LogP contribution in [0.4, 0.5) is 0 Å². The van der Waals surface area contributed by atoms with E-state index in [4.69, 9.17) is 23.7 Å². The van der Waals surface area contributed by atoms with Gasteiger partial charge in [-0.15, -0.1) is 0 Å². The molecule has 16 heteroatoms. The fraction of sp³-hybridized carbons (Fsp3) is 1.00. The molecule has 16 nitrogen and oxygen atoms in total. The third-order valence-electron chi connectivity index (χ3n) is 6.10. The summed E-state index contributed by atoms with van der Waals surface area (Å²) < 4.78 is 26.5. The van der Waals surface area contributed by atoms with Crippen molar-refractivity contribution in [1.29, 1.82) is 0 Å². The molecule has 0 spiro atoms. The Hall–Kier alpha value is -0.640. The van der Waals surface area contributed by atoms with Crippen molar-refractivity contribution in [2.45, 2.75) is 92.1 Å². The van der Waals surface area contributed by atoms with E-state index < -0.39 is 112 Å². The highest BCUT2D eigenvalue weighted by atomic mass is 16.8. The van der Waals surface area contributed by atoms with E-state index in [1.807, 2.05) is 0 Å². The van der Waals surface area contributed by atoms with Gasteiger partial charge in [0.05, 0.1) is 19.8 Å². The second kappa shape index (κ2) is 11.6. The van der Waals surface area contributed by atoms with Gasteiger partial charge in [0.25, 0.3) is 0 Å². The Morgan fingerprint density at radius 2 is 0.824 bits per heavy atom. The van der Waals surface area contributed by atoms with Crippen molar-refractivity contribution in [2.24, 2.45) is 0 Å². The second-order valence-electron chi connectivity index (χ2n) is 8.33. The minimum Gasteiger partial charge on any atom is -0.394 e. The van der Waals surface area contributed by atoms with Crippen LogP contribution in [0.3, 0.4) is 0 Å². The van der Waals surface area contributed by atoms with Gasteiger partial charge in [-0.25, -0.2) is 0 Å². The summed E-state index contributed by atoms with van der Waals surface area (Å²) in [6, 6.07) is 0. The number of aliphatic hydroxyl groups is 11. The van der Waals surface area contributed by atoms with Crippen LogP contribution in [-0.2, 0) is 23.7 Å². The van der Waals surface area contributed by atoms with E-state index in [9.17, 15) is 56.2 Å². The van der Waals surface area contributed by atoms with Gasteiger partial charge in [-0.1, -0.05) is 0 Å². The highest BCUT2D eigenvalue weighted by Crippen LogP contribution is 2.32. The highest BCUT2D eigenvalue weighted by molar-refractivity contribution is 4.96. The molecule has 0 radical (unpaired) electrons. The van der Waals surface area contributed by atoms with Gasteiger partial charge in [0.1, 0.15) is 73.2 Å². The molecule has 3 rings (SSSR count). The lowest BCUT2D eigenvalue weighted by Gasteiger charge is -2.48. The normalized spacial score (nSPS) is 52.5. The molecule has 0 amide bonds. The summed E-state index contributed by atoms with van der Waals surface area (Å²) in [5, 5.41) is 109. The van der Waals surface area contributed by atoms with Crippen LogP contribution in [0.1, 0.15) is 0 Å². The molecule has 3 heterocycles. The van der Waals surface area contributed by atoms with E-state index >= 15 is 0 Å². The Balaban J connectivity index is 1.83. The minimum absolute atomic E-state index is 0.769. The van der Waals surface area contributed by atoms with Gasteiger partial charge >= 0.3 is 0 Å². The topological polar surface area (TPSA) is 269 Å². The molecule has 3 aliphatic rings. The van der Waals surface area contributed by atoms with E-state index in [0.717, 1.165) is 0 Å². The van der Waals surface area contributed by atoms with E-state index in [-0.39, 0.29) is 0 Å². The Kier molecular flexibility index (Phi) is 9.54. The average molecular weight is 504 g/mol. The summed E-state index contributed by atoms with van der Waals surface area (Å²) >= 11 is 0. The predicted molar refractivity (Wildman–Crippen MR) is 101 cm³/mol. The van der Waals surface area contributed by atoms with Crippen LogP contribution in [0.25, 0.3) is 0 Å². The van der Waals surface area contributed by atoms with Gasteiger partial charge in [0.15, 0.2) is 18.9 Å². The smallest absolute Gasteiger partial charge is 0.187 e. The molecule has 0 bridgehead atoms. The maximum atomic E-state index is 10.6. The molecule has 200 valence electrons. The maximum Gasteiger partial charge on any atom is 0.187 e. The van der Waals surface area contributed by atoms with Crippen molar-refractivity contribution in [3.63, 3.8) is 0 Å². The van der Waals surface area contributed by atoms with Crippen molar-refractivity contribution < 1.29 is 79.9 Å². The van der Waals surface area contributed by atoms with Crippen LogP contribution < -0.4 is 0 Å². The molecule has 3 aliphatic heterocycles. The molecule has 0 aromatic heterocycles. The summed E-state index contributed by atoms with van der Waals surface area (Å²) in [6.45, 7) is -2.33. The summed E-state index contributed by atoms with van der Waals surface area (Å²) in [7, 11) is 0. The SMILES string of the molecule is OC[C@H]1O[C@H](O[C@@H]2C(O)O[C@H](CO)[C@@H](O)[C@@H]2O[C@H]2O[C@H](CO)[C@@H](O)[C@H](O)[C@H]2O)[C@@H](O)[C@@H](O)[C@@H]1O. The van der Waals surface area contributed by atoms with Gasteiger partial charge < -0.3 is 79.9 Å². The minimum atomic E-state index is -1.94. The average Bonchev–Trinajstić information content (AvgIpc) is 2.83. The molecule has 11 N–H and O–H groups in total. The quantitative estimate of drug-likeness (QED) is 0.154. The molecule has 0 aliphatic carbocycles. The Morgan fingerprint density at radius 1 is 0.441 bits per heavy atom. The summed E-state index contributed by atoms with van der Waals surface area (Å²) in [4.78, 5) is 0. The van der Waals surface area contributed by atoms with Crippen LogP contribution in [0.2, 0.25) is 0 Å². The third-order valence-corrected chi connectivity index (χ3v) is 6.10. The molecular formula is C18H32O16. The summed E-state index contributed by atoms with van der Waals surface area (Å²) in [5.74, 6) is 0. The predicted octanol–water partition coefficient (Wildman–Crippen LogP) is -7.57. The maximum absolute atomic E-state index is 10.6. The van der Waals surface area contributed by atoms with Crippen molar-refractivity contribution in [1.82, 2.24) is 0 Å². The summed E-state index contributed by atoms with van der Waals surface area (Å²) in [6.07, 6.45) is -25.6. The van der Waals surface area contributed by atoms with Crippen LogP contribution in [0.5, 0.6) is 0 Å². The molecule has 3 saturated heterocycles. The van der Waals surface area contributed by atoms with Crippen molar-refractivity contribution in [2.75, 3.05) is 19.8 Å². The van der Waals surface area contributed by atoms with Gasteiger partial charge in [-0.2, -0.15) is 0 Å². The van der Waals surface area contributed by atoms with Crippen molar-refractivity contribution >= 4 is 0 Å². The van der Waals surface area contributed by atoms with E-state index in [0.29, 0.717) is 0 Å². The zero-order chi connectivity index (χ0) is 25.3. The zero-order valence-electron chi connectivity index (χ0n) is 17.7. The van der Waals surface area contributed by atoms with Crippen molar-refractivity contribution in [3.8, 4) is 0 Å². The Labute approximate surface area is 192 Å². The number of hydrogen-bond donors (Lipinski definition) is 11. The first kappa shape index (κ1) is 27.9. The standard InChI is InChI=1S/C18H32O16/c19-1-4-7(22)10(25)12(27)17(31-4)33-14-9(24)6(3-21)30-16(29)15(14)34-18-13(28)11(26)8(23)5(2-20)32-18/h4-29H,1-3H2/t4-,5-,6-,7-,8-,9-,10+,11+,12-,13+,14+,15+,16?,17-,18-/m1/s1. The molecule has 0 aromatic rings. The molecule has 34 heavy (non-hydrogen) atoms. The van der Waals surface area contributed by atoms with E-state index in [1.54, 1.807) is 0 Å². The largest absolute Gasteiger partial charge is 0.394 e. The first-order valence-corrected chi connectivity index (χ1v) is 10.6.